The highest BCUT2D eigenvalue weighted by Crippen LogP contribution is 2.15. The predicted molar refractivity (Wildman–Crippen MR) is 64.7 cm³/mol. The second-order valence-corrected chi connectivity index (χ2v) is 3.79. The smallest absolute Gasteiger partial charge is 0.189 e. The lowest BCUT2D eigenvalue weighted by Gasteiger charge is -2.07. The van der Waals surface area contributed by atoms with Crippen molar-refractivity contribution in [3.63, 3.8) is 0 Å². The van der Waals surface area contributed by atoms with Crippen LogP contribution in [0.15, 0.2) is 29.1 Å². The number of aryl methyl sites for hydroxylation is 1. The van der Waals surface area contributed by atoms with E-state index in [9.17, 15) is 4.79 Å². The van der Waals surface area contributed by atoms with Gasteiger partial charge in [-0.15, -0.1) is 0 Å². The van der Waals surface area contributed by atoms with E-state index in [1.54, 1.807) is 13.2 Å². The number of ether oxygens (including phenoxy) is 1. The fourth-order valence-electron chi connectivity index (χ4n) is 1.85. The number of pyridine rings is 1. The van der Waals surface area contributed by atoms with E-state index in [-0.39, 0.29) is 5.43 Å². The number of para-hydroxylation sites is 1. The van der Waals surface area contributed by atoms with Crippen molar-refractivity contribution in [2.45, 2.75) is 20.0 Å². The van der Waals surface area contributed by atoms with E-state index in [0.717, 1.165) is 28.6 Å². The van der Waals surface area contributed by atoms with Crippen molar-refractivity contribution in [1.29, 1.82) is 0 Å². The maximum atomic E-state index is 11.9. The standard InChI is InChI=1S/C13H15NO2/c1-3-10-7-12(15)11-6-4-5-9(8-16-2)13(11)14-10/h4-7H,3,8H2,1-2H3,(H,14,15). The first-order chi connectivity index (χ1) is 7.76. The second kappa shape index (κ2) is 4.49. The Labute approximate surface area is 94.1 Å². The number of aromatic nitrogens is 1. The third-order valence-electron chi connectivity index (χ3n) is 2.69. The molecule has 84 valence electrons. The summed E-state index contributed by atoms with van der Waals surface area (Å²) >= 11 is 0. The average molecular weight is 217 g/mol. The molecule has 0 fully saturated rings. The predicted octanol–water partition coefficient (Wildman–Crippen LogP) is 2.24. The van der Waals surface area contributed by atoms with Crippen molar-refractivity contribution >= 4 is 10.9 Å². The number of hydrogen-bond donors (Lipinski definition) is 1. The Bertz CT molecular complexity index is 557. The highest BCUT2D eigenvalue weighted by molar-refractivity contribution is 5.81. The Balaban J connectivity index is 2.74. The van der Waals surface area contributed by atoms with Gasteiger partial charge in [-0.05, 0) is 12.5 Å². The minimum Gasteiger partial charge on any atom is -0.380 e. The molecule has 1 aromatic carbocycles. The van der Waals surface area contributed by atoms with Gasteiger partial charge in [0.2, 0.25) is 0 Å². The number of H-pyrrole nitrogens is 1. The van der Waals surface area contributed by atoms with Gasteiger partial charge in [0.05, 0.1) is 12.1 Å². The van der Waals surface area contributed by atoms with Crippen molar-refractivity contribution in [3.8, 4) is 0 Å². The molecule has 0 spiro atoms. The summed E-state index contributed by atoms with van der Waals surface area (Å²) in [7, 11) is 1.65. The minimum atomic E-state index is 0.0727. The van der Waals surface area contributed by atoms with Gasteiger partial charge in [-0.2, -0.15) is 0 Å². The summed E-state index contributed by atoms with van der Waals surface area (Å²) < 4.78 is 5.13. The summed E-state index contributed by atoms with van der Waals surface area (Å²) in [4.78, 5) is 15.1. The average Bonchev–Trinajstić information content (AvgIpc) is 2.30. The lowest BCUT2D eigenvalue weighted by molar-refractivity contribution is 0.186. The highest BCUT2D eigenvalue weighted by atomic mass is 16.5. The molecule has 0 aliphatic heterocycles. The van der Waals surface area contributed by atoms with Crippen LogP contribution in [0.2, 0.25) is 0 Å². The van der Waals surface area contributed by atoms with Crippen LogP contribution in [0.3, 0.4) is 0 Å². The first-order valence-electron chi connectivity index (χ1n) is 5.39. The maximum absolute atomic E-state index is 11.9. The van der Waals surface area contributed by atoms with E-state index in [4.69, 9.17) is 4.74 Å². The van der Waals surface area contributed by atoms with Gasteiger partial charge in [0.15, 0.2) is 5.43 Å². The molecule has 0 saturated heterocycles. The molecule has 3 heteroatoms. The third-order valence-corrected chi connectivity index (χ3v) is 2.69. The van der Waals surface area contributed by atoms with Crippen LogP contribution in [0.4, 0.5) is 0 Å². The molecule has 0 aliphatic carbocycles. The number of hydrogen-bond acceptors (Lipinski definition) is 2. The van der Waals surface area contributed by atoms with E-state index in [2.05, 4.69) is 4.98 Å². The summed E-state index contributed by atoms with van der Waals surface area (Å²) in [5, 5.41) is 0.728. The summed E-state index contributed by atoms with van der Waals surface area (Å²) in [5.74, 6) is 0. The third kappa shape index (κ3) is 1.86. The van der Waals surface area contributed by atoms with E-state index >= 15 is 0 Å². The van der Waals surface area contributed by atoms with Crippen LogP contribution >= 0.6 is 0 Å². The normalized spacial score (nSPS) is 10.9. The molecule has 1 heterocycles. The van der Waals surface area contributed by atoms with Crippen LogP contribution in [-0.2, 0) is 17.8 Å². The molecule has 0 saturated carbocycles. The van der Waals surface area contributed by atoms with Crippen LogP contribution in [-0.4, -0.2) is 12.1 Å². The van der Waals surface area contributed by atoms with Crippen molar-refractivity contribution in [2.75, 3.05) is 7.11 Å². The molecule has 2 aromatic rings. The van der Waals surface area contributed by atoms with E-state index in [1.165, 1.54) is 0 Å². The fourth-order valence-corrected chi connectivity index (χ4v) is 1.85. The van der Waals surface area contributed by atoms with Crippen LogP contribution in [0, 0.1) is 0 Å². The van der Waals surface area contributed by atoms with Gasteiger partial charge in [0.1, 0.15) is 0 Å². The molecule has 0 bridgehead atoms. The van der Waals surface area contributed by atoms with Gasteiger partial charge >= 0.3 is 0 Å². The molecule has 1 N–H and O–H groups in total. The van der Waals surface area contributed by atoms with Crippen LogP contribution in [0.5, 0.6) is 0 Å². The lowest BCUT2D eigenvalue weighted by Crippen LogP contribution is -2.06. The van der Waals surface area contributed by atoms with Crippen LogP contribution < -0.4 is 5.43 Å². The zero-order chi connectivity index (χ0) is 11.5. The Morgan fingerprint density at radius 1 is 1.38 bits per heavy atom. The molecule has 1 aromatic heterocycles. The molecule has 0 unspecified atom stereocenters. The van der Waals surface area contributed by atoms with Crippen molar-refractivity contribution in [2.24, 2.45) is 0 Å². The van der Waals surface area contributed by atoms with Crippen molar-refractivity contribution < 1.29 is 4.74 Å². The number of aromatic amines is 1. The quantitative estimate of drug-likeness (QED) is 0.856. The SMILES string of the molecule is CCc1cc(=O)c2cccc(COC)c2[nH]1. The molecule has 16 heavy (non-hydrogen) atoms. The first-order valence-corrected chi connectivity index (χ1v) is 5.39. The zero-order valence-electron chi connectivity index (χ0n) is 9.54. The number of rotatable bonds is 3. The molecule has 0 amide bonds. The molecular formula is C13H15NO2. The Morgan fingerprint density at radius 2 is 2.19 bits per heavy atom. The topological polar surface area (TPSA) is 42.1 Å². The Morgan fingerprint density at radius 3 is 2.88 bits per heavy atom. The number of methoxy groups -OCH3 is 1. The van der Waals surface area contributed by atoms with Crippen LogP contribution in [0.1, 0.15) is 18.2 Å². The van der Waals surface area contributed by atoms with Crippen molar-refractivity contribution in [3.05, 3.63) is 45.7 Å². The molecule has 0 aliphatic rings. The summed E-state index contributed by atoms with van der Waals surface area (Å²) in [6, 6.07) is 7.37. The summed E-state index contributed by atoms with van der Waals surface area (Å²) in [6.07, 6.45) is 0.826. The number of benzene rings is 1. The highest BCUT2D eigenvalue weighted by Gasteiger charge is 2.05. The van der Waals surface area contributed by atoms with Gasteiger partial charge in [-0.25, -0.2) is 0 Å². The molecule has 3 nitrogen and oxygen atoms in total. The van der Waals surface area contributed by atoms with Crippen LogP contribution in [0.25, 0.3) is 10.9 Å². The number of fused-ring (bicyclic) bond motifs is 1. The number of nitrogens with one attached hydrogen (secondary N) is 1. The zero-order valence-corrected chi connectivity index (χ0v) is 9.54. The summed E-state index contributed by atoms with van der Waals surface area (Å²) in [5.41, 5.74) is 2.95. The van der Waals surface area contributed by atoms with E-state index in [0.29, 0.717) is 6.61 Å². The monoisotopic (exact) mass is 217 g/mol. The van der Waals surface area contributed by atoms with Gasteiger partial charge in [0, 0.05) is 29.8 Å². The van der Waals surface area contributed by atoms with Gasteiger partial charge in [0.25, 0.3) is 0 Å². The largest absolute Gasteiger partial charge is 0.380 e. The molecule has 2 rings (SSSR count). The lowest BCUT2D eigenvalue weighted by atomic mass is 10.1. The molecular weight excluding hydrogens is 202 g/mol. The van der Waals surface area contributed by atoms with Gasteiger partial charge in [-0.1, -0.05) is 19.1 Å². The van der Waals surface area contributed by atoms with Gasteiger partial charge in [-0.3, -0.25) is 4.79 Å². The second-order valence-electron chi connectivity index (χ2n) is 3.79. The minimum absolute atomic E-state index is 0.0727. The molecule has 0 radical (unpaired) electrons. The first kappa shape index (κ1) is 10.9. The van der Waals surface area contributed by atoms with E-state index < -0.39 is 0 Å². The maximum Gasteiger partial charge on any atom is 0.189 e. The van der Waals surface area contributed by atoms with E-state index in [1.807, 2.05) is 25.1 Å². The fraction of sp³-hybridized carbons (Fsp3) is 0.308. The Hall–Kier alpha value is -1.61. The summed E-state index contributed by atoms with van der Waals surface area (Å²) in [6.45, 7) is 2.54. The van der Waals surface area contributed by atoms with Gasteiger partial charge < -0.3 is 9.72 Å². The Kier molecular flexibility index (Phi) is 3.06. The van der Waals surface area contributed by atoms with Crippen molar-refractivity contribution in [1.82, 2.24) is 4.98 Å². The molecule has 0 atom stereocenters.